The molecule has 0 unspecified atom stereocenters. The molecule has 0 aliphatic carbocycles. The molecule has 0 aromatic heterocycles. The van der Waals surface area contributed by atoms with Gasteiger partial charge in [-0.3, -0.25) is 4.79 Å². The number of nitrogens with zero attached hydrogens (tertiary/aromatic N) is 1. The van der Waals surface area contributed by atoms with Gasteiger partial charge >= 0.3 is 5.97 Å². The van der Waals surface area contributed by atoms with Gasteiger partial charge in [-0.25, -0.2) is 0 Å². The average Bonchev–Trinajstić information content (AvgIpc) is 2.47. The molecule has 5 heteroatoms. The first-order valence-electron chi connectivity index (χ1n) is 6.31. The van der Waals surface area contributed by atoms with E-state index in [1.54, 1.807) is 30.3 Å². The van der Waals surface area contributed by atoms with Crippen LogP contribution in [0.1, 0.15) is 16.7 Å². The first-order chi connectivity index (χ1) is 10.1. The fourth-order valence-corrected chi connectivity index (χ4v) is 2.12. The quantitative estimate of drug-likeness (QED) is 0.887. The third-order valence-electron chi connectivity index (χ3n) is 2.96. The lowest BCUT2D eigenvalue weighted by molar-refractivity contribution is -0.136. The van der Waals surface area contributed by atoms with Crippen LogP contribution in [0.15, 0.2) is 42.5 Å². The molecular formula is C16H13ClN2O2. The van der Waals surface area contributed by atoms with Gasteiger partial charge in [-0.2, -0.15) is 5.26 Å². The van der Waals surface area contributed by atoms with Crippen molar-refractivity contribution >= 4 is 23.3 Å². The van der Waals surface area contributed by atoms with E-state index in [4.69, 9.17) is 22.0 Å². The Kier molecular flexibility index (Phi) is 4.81. The molecular weight excluding hydrogens is 288 g/mol. The Morgan fingerprint density at radius 1 is 1.19 bits per heavy atom. The van der Waals surface area contributed by atoms with Crippen LogP contribution < -0.4 is 5.32 Å². The van der Waals surface area contributed by atoms with Crippen LogP contribution in [0.5, 0.6) is 0 Å². The summed E-state index contributed by atoms with van der Waals surface area (Å²) in [5.74, 6) is -0.842. The van der Waals surface area contributed by atoms with Gasteiger partial charge in [0.25, 0.3) is 0 Å². The highest BCUT2D eigenvalue weighted by Gasteiger charge is 2.03. The maximum Gasteiger partial charge on any atom is 0.307 e. The van der Waals surface area contributed by atoms with Crippen LogP contribution in [0.2, 0.25) is 5.02 Å². The molecule has 2 N–H and O–H groups in total. The fraction of sp³-hybridized carbons (Fsp3) is 0.125. The molecule has 0 aliphatic rings. The molecule has 0 saturated heterocycles. The molecule has 2 rings (SSSR count). The summed E-state index contributed by atoms with van der Waals surface area (Å²) in [7, 11) is 0. The molecule has 0 amide bonds. The molecule has 0 heterocycles. The van der Waals surface area contributed by atoms with E-state index in [-0.39, 0.29) is 6.42 Å². The number of hydrogen-bond donors (Lipinski definition) is 2. The number of nitriles is 1. The normalized spacial score (nSPS) is 9.90. The molecule has 0 aliphatic heterocycles. The zero-order chi connectivity index (χ0) is 15.2. The number of aliphatic carboxylic acids is 1. The Hall–Kier alpha value is -2.51. The summed E-state index contributed by atoms with van der Waals surface area (Å²) in [6, 6.07) is 14.5. The fourth-order valence-electron chi connectivity index (χ4n) is 1.87. The number of hydrogen-bond acceptors (Lipinski definition) is 3. The van der Waals surface area contributed by atoms with Crippen LogP contribution in [-0.4, -0.2) is 11.1 Å². The minimum atomic E-state index is -0.842. The number of benzene rings is 2. The maximum atomic E-state index is 10.6. The molecule has 0 radical (unpaired) electrons. The zero-order valence-electron chi connectivity index (χ0n) is 11.1. The summed E-state index contributed by atoms with van der Waals surface area (Å²) >= 11 is 6.08. The van der Waals surface area contributed by atoms with Crippen molar-refractivity contribution < 1.29 is 9.90 Å². The average molecular weight is 301 g/mol. The van der Waals surface area contributed by atoms with Crippen molar-refractivity contribution in [1.82, 2.24) is 0 Å². The maximum absolute atomic E-state index is 10.6. The van der Waals surface area contributed by atoms with Gasteiger partial charge in [-0.1, -0.05) is 35.9 Å². The van der Waals surface area contributed by atoms with Crippen molar-refractivity contribution in [3.63, 3.8) is 0 Å². The van der Waals surface area contributed by atoms with Crippen LogP contribution in [0, 0.1) is 11.3 Å². The molecule has 0 fully saturated rings. The molecule has 2 aromatic carbocycles. The van der Waals surface area contributed by atoms with E-state index in [0.29, 0.717) is 17.1 Å². The van der Waals surface area contributed by atoms with E-state index in [1.165, 1.54) is 0 Å². The molecule has 0 bridgehead atoms. The summed E-state index contributed by atoms with van der Waals surface area (Å²) in [6.45, 7) is 0.568. The van der Waals surface area contributed by atoms with E-state index in [9.17, 15) is 4.79 Å². The van der Waals surface area contributed by atoms with Crippen molar-refractivity contribution in [3.8, 4) is 6.07 Å². The van der Waals surface area contributed by atoms with Gasteiger partial charge in [-0.15, -0.1) is 0 Å². The van der Waals surface area contributed by atoms with E-state index in [2.05, 4.69) is 5.32 Å². The second-order valence-corrected chi connectivity index (χ2v) is 4.95. The van der Waals surface area contributed by atoms with Gasteiger partial charge < -0.3 is 10.4 Å². The Labute approximate surface area is 127 Å². The minimum absolute atomic E-state index is 0.0230. The highest BCUT2D eigenvalue weighted by atomic mass is 35.5. The number of anilines is 1. The van der Waals surface area contributed by atoms with Gasteiger partial charge in [0.1, 0.15) is 0 Å². The lowest BCUT2D eigenvalue weighted by Crippen LogP contribution is -2.02. The summed E-state index contributed by atoms with van der Waals surface area (Å²) in [5, 5.41) is 21.2. The predicted molar refractivity (Wildman–Crippen MR) is 81.3 cm³/mol. The van der Waals surface area contributed by atoms with Crippen LogP contribution >= 0.6 is 11.6 Å². The topological polar surface area (TPSA) is 73.1 Å². The Bertz CT molecular complexity index is 690. The Morgan fingerprint density at radius 3 is 2.43 bits per heavy atom. The Balaban J connectivity index is 2.00. The minimum Gasteiger partial charge on any atom is -0.481 e. The van der Waals surface area contributed by atoms with Gasteiger partial charge in [0.2, 0.25) is 0 Å². The van der Waals surface area contributed by atoms with Crippen LogP contribution in [0.25, 0.3) is 0 Å². The van der Waals surface area contributed by atoms with Crippen molar-refractivity contribution in [2.45, 2.75) is 13.0 Å². The van der Waals surface area contributed by atoms with E-state index < -0.39 is 5.97 Å². The first kappa shape index (κ1) is 14.9. The number of nitrogens with one attached hydrogen (secondary N) is 1. The number of carboxylic acids is 1. The van der Waals surface area contributed by atoms with Gasteiger partial charge in [-0.05, 0) is 29.3 Å². The molecule has 21 heavy (non-hydrogen) atoms. The number of carbonyl (C=O) groups is 1. The number of halogens is 1. The first-order valence-corrected chi connectivity index (χ1v) is 6.69. The molecule has 0 saturated carbocycles. The lowest BCUT2D eigenvalue weighted by Gasteiger charge is -2.09. The van der Waals surface area contributed by atoms with Crippen LogP contribution in [0.4, 0.5) is 5.69 Å². The van der Waals surface area contributed by atoms with Crippen molar-refractivity contribution in [2.24, 2.45) is 0 Å². The van der Waals surface area contributed by atoms with Crippen molar-refractivity contribution in [2.75, 3.05) is 5.32 Å². The highest BCUT2D eigenvalue weighted by molar-refractivity contribution is 6.33. The summed E-state index contributed by atoms with van der Waals surface area (Å²) < 4.78 is 0. The SMILES string of the molecule is N#Cc1ccc(NCc2ccc(CC(=O)O)cc2)c(Cl)c1. The highest BCUT2D eigenvalue weighted by Crippen LogP contribution is 2.23. The molecule has 0 spiro atoms. The molecule has 4 nitrogen and oxygen atoms in total. The van der Waals surface area contributed by atoms with E-state index in [0.717, 1.165) is 16.8 Å². The van der Waals surface area contributed by atoms with E-state index >= 15 is 0 Å². The molecule has 2 aromatic rings. The molecule has 106 valence electrons. The third-order valence-corrected chi connectivity index (χ3v) is 3.27. The predicted octanol–water partition coefficient (Wildman–Crippen LogP) is 3.45. The standard InChI is InChI=1S/C16H13ClN2O2/c17-14-7-13(9-18)5-6-15(14)19-10-12-3-1-11(2-4-12)8-16(20)21/h1-7,19H,8,10H2,(H,20,21). The zero-order valence-corrected chi connectivity index (χ0v) is 11.9. The largest absolute Gasteiger partial charge is 0.481 e. The summed E-state index contributed by atoms with van der Waals surface area (Å²) in [5.41, 5.74) is 3.06. The second kappa shape index (κ2) is 6.78. The summed E-state index contributed by atoms with van der Waals surface area (Å²) in [4.78, 5) is 10.6. The van der Waals surface area contributed by atoms with Crippen molar-refractivity contribution in [3.05, 3.63) is 64.2 Å². The number of carboxylic acid groups (broad SMARTS) is 1. The lowest BCUT2D eigenvalue weighted by atomic mass is 10.1. The molecule has 0 atom stereocenters. The monoisotopic (exact) mass is 300 g/mol. The second-order valence-electron chi connectivity index (χ2n) is 4.55. The Morgan fingerprint density at radius 2 is 1.86 bits per heavy atom. The number of rotatable bonds is 5. The summed E-state index contributed by atoms with van der Waals surface area (Å²) in [6.07, 6.45) is 0.0230. The smallest absolute Gasteiger partial charge is 0.307 e. The van der Waals surface area contributed by atoms with Gasteiger partial charge in [0, 0.05) is 6.54 Å². The third kappa shape index (κ3) is 4.23. The van der Waals surface area contributed by atoms with Crippen LogP contribution in [-0.2, 0) is 17.8 Å². The van der Waals surface area contributed by atoms with Gasteiger partial charge in [0.05, 0.1) is 28.8 Å². The van der Waals surface area contributed by atoms with Crippen molar-refractivity contribution in [1.29, 1.82) is 5.26 Å². The van der Waals surface area contributed by atoms with Crippen LogP contribution in [0.3, 0.4) is 0 Å². The van der Waals surface area contributed by atoms with E-state index in [1.807, 2.05) is 18.2 Å². The van der Waals surface area contributed by atoms with Gasteiger partial charge in [0.15, 0.2) is 0 Å².